The van der Waals surface area contributed by atoms with Gasteiger partial charge in [-0.15, -0.1) is 0 Å². The minimum Gasteiger partial charge on any atom is -0.465 e. The highest BCUT2D eigenvalue weighted by Crippen LogP contribution is 2.30. The van der Waals surface area contributed by atoms with Gasteiger partial charge in [-0.25, -0.2) is 4.79 Å². The molecule has 2 heterocycles. The SMILES string of the molecule is COC(=O)c1cc(N2CCOCC2)ccc1NC(=O)c1c(C)oc(C)c1Br. The van der Waals surface area contributed by atoms with Gasteiger partial charge >= 0.3 is 5.97 Å². The Balaban J connectivity index is 1.92. The fourth-order valence-electron chi connectivity index (χ4n) is 3.04. The van der Waals surface area contributed by atoms with Crippen LogP contribution < -0.4 is 10.2 Å². The molecule has 8 heteroatoms. The zero-order chi connectivity index (χ0) is 19.6. The Morgan fingerprint density at radius 3 is 2.48 bits per heavy atom. The number of nitrogens with zero attached hydrogens (tertiary/aromatic N) is 1. The molecule has 0 unspecified atom stereocenters. The summed E-state index contributed by atoms with van der Waals surface area (Å²) in [5, 5.41) is 2.79. The van der Waals surface area contributed by atoms with E-state index in [1.807, 2.05) is 6.07 Å². The van der Waals surface area contributed by atoms with Gasteiger partial charge in [-0.2, -0.15) is 0 Å². The molecule has 1 amide bonds. The van der Waals surface area contributed by atoms with Crippen molar-refractivity contribution in [2.24, 2.45) is 0 Å². The van der Waals surface area contributed by atoms with Crippen molar-refractivity contribution in [3.05, 3.63) is 45.3 Å². The van der Waals surface area contributed by atoms with E-state index in [9.17, 15) is 9.59 Å². The molecule has 0 saturated carbocycles. The Bertz CT molecular complexity index is 871. The number of ether oxygens (including phenoxy) is 2. The summed E-state index contributed by atoms with van der Waals surface area (Å²) in [5.41, 5.74) is 1.96. The molecule has 27 heavy (non-hydrogen) atoms. The lowest BCUT2D eigenvalue weighted by Crippen LogP contribution is -2.36. The summed E-state index contributed by atoms with van der Waals surface area (Å²) < 4.78 is 16.3. The van der Waals surface area contributed by atoms with Gasteiger partial charge in [0.25, 0.3) is 5.91 Å². The average Bonchev–Trinajstić information content (AvgIpc) is 2.93. The Labute approximate surface area is 165 Å². The predicted molar refractivity (Wildman–Crippen MR) is 105 cm³/mol. The number of anilines is 2. The first kappa shape index (κ1) is 19.4. The maximum Gasteiger partial charge on any atom is 0.340 e. The maximum atomic E-state index is 12.7. The largest absolute Gasteiger partial charge is 0.465 e. The molecule has 3 rings (SSSR count). The van der Waals surface area contributed by atoms with E-state index in [2.05, 4.69) is 26.1 Å². The Morgan fingerprint density at radius 1 is 1.19 bits per heavy atom. The average molecular weight is 437 g/mol. The number of esters is 1. The molecule has 0 aliphatic carbocycles. The van der Waals surface area contributed by atoms with Crippen LogP contribution in [0, 0.1) is 13.8 Å². The van der Waals surface area contributed by atoms with E-state index in [4.69, 9.17) is 13.9 Å². The van der Waals surface area contributed by atoms with Crippen molar-refractivity contribution in [2.75, 3.05) is 43.6 Å². The van der Waals surface area contributed by atoms with Crippen LogP contribution in [0.15, 0.2) is 27.1 Å². The van der Waals surface area contributed by atoms with E-state index >= 15 is 0 Å². The first-order valence-electron chi connectivity index (χ1n) is 8.54. The van der Waals surface area contributed by atoms with E-state index < -0.39 is 5.97 Å². The van der Waals surface area contributed by atoms with Crippen LogP contribution in [0.5, 0.6) is 0 Å². The molecule has 0 atom stereocenters. The zero-order valence-electron chi connectivity index (χ0n) is 15.4. The number of hydrogen-bond acceptors (Lipinski definition) is 6. The van der Waals surface area contributed by atoms with Gasteiger partial charge in [0.1, 0.15) is 11.5 Å². The number of benzene rings is 1. The number of aryl methyl sites for hydroxylation is 2. The molecule has 2 aromatic rings. The molecule has 0 radical (unpaired) electrons. The summed E-state index contributed by atoms with van der Waals surface area (Å²) >= 11 is 3.38. The number of methoxy groups -OCH3 is 1. The molecule has 1 N–H and O–H groups in total. The number of nitrogens with one attached hydrogen (secondary N) is 1. The van der Waals surface area contributed by atoms with Crippen molar-refractivity contribution in [3.63, 3.8) is 0 Å². The van der Waals surface area contributed by atoms with Gasteiger partial charge in [-0.1, -0.05) is 0 Å². The molecule has 1 saturated heterocycles. The van der Waals surface area contributed by atoms with Crippen LogP contribution >= 0.6 is 15.9 Å². The summed E-state index contributed by atoms with van der Waals surface area (Å²) in [5.74, 6) is 0.245. The van der Waals surface area contributed by atoms with Crippen molar-refractivity contribution in [1.29, 1.82) is 0 Å². The molecular formula is C19H21BrN2O5. The number of rotatable bonds is 4. The van der Waals surface area contributed by atoms with Crippen LogP contribution in [0.4, 0.5) is 11.4 Å². The summed E-state index contributed by atoms with van der Waals surface area (Å²) in [4.78, 5) is 27.1. The van der Waals surface area contributed by atoms with E-state index in [1.54, 1.807) is 26.0 Å². The second kappa shape index (κ2) is 8.14. The monoisotopic (exact) mass is 436 g/mol. The fourth-order valence-corrected chi connectivity index (χ4v) is 3.58. The third-order valence-electron chi connectivity index (χ3n) is 4.45. The van der Waals surface area contributed by atoms with Crippen molar-refractivity contribution in [1.82, 2.24) is 0 Å². The highest BCUT2D eigenvalue weighted by Gasteiger charge is 2.23. The lowest BCUT2D eigenvalue weighted by Gasteiger charge is -2.29. The normalized spacial score (nSPS) is 14.1. The van der Waals surface area contributed by atoms with Crippen LogP contribution in [0.3, 0.4) is 0 Å². The van der Waals surface area contributed by atoms with Gasteiger partial charge in [0, 0.05) is 18.8 Å². The van der Waals surface area contributed by atoms with E-state index in [1.165, 1.54) is 7.11 Å². The van der Waals surface area contributed by atoms with Gasteiger partial charge in [0.15, 0.2) is 0 Å². The predicted octanol–water partition coefficient (Wildman–Crippen LogP) is 3.53. The third-order valence-corrected chi connectivity index (χ3v) is 5.40. The van der Waals surface area contributed by atoms with Gasteiger partial charge < -0.3 is 24.1 Å². The maximum absolute atomic E-state index is 12.7. The van der Waals surface area contributed by atoms with Gasteiger partial charge in [-0.05, 0) is 48.0 Å². The van der Waals surface area contributed by atoms with Crippen molar-refractivity contribution >= 4 is 39.2 Å². The number of hydrogen-bond donors (Lipinski definition) is 1. The van der Waals surface area contributed by atoms with Crippen LogP contribution in [0.2, 0.25) is 0 Å². The first-order chi connectivity index (χ1) is 12.9. The number of halogens is 1. The topological polar surface area (TPSA) is 81.0 Å². The van der Waals surface area contributed by atoms with Crippen LogP contribution in [0.1, 0.15) is 32.2 Å². The molecular weight excluding hydrogens is 416 g/mol. The minimum absolute atomic E-state index is 0.295. The van der Waals surface area contributed by atoms with Gasteiger partial charge in [-0.3, -0.25) is 4.79 Å². The molecule has 1 aromatic carbocycles. The van der Waals surface area contributed by atoms with E-state index in [-0.39, 0.29) is 5.91 Å². The van der Waals surface area contributed by atoms with Crippen LogP contribution in [0.25, 0.3) is 0 Å². The van der Waals surface area contributed by atoms with E-state index in [0.29, 0.717) is 46.0 Å². The number of amides is 1. The highest BCUT2D eigenvalue weighted by molar-refractivity contribution is 9.10. The third kappa shape index (κ3) is 4.01. The summed E-state index contributed by atoms with van der Waals surface area (Å²) in [7, 11) is 1.31. The molecule has 0 bridgehead atoms. The quantitative estimate of drug-likeness (QED) is 0.738. The molecule has 0 spiro atoms. The number of carbonyl (C=O) groups excluding carboxylic acids is 2. The van der Waals surface area contributed by atoms with Crippen molar-refractivity contribution in [3.8, 4) is 0 Å². The van der Waals surface area contributed by atoms with Crippen LogP contribution in [-0.4, -0.2) is 45.3 Å². The molecule has 1 fully saturated rings. The van der Waals surface area contributed by atoms with Gasteiger partial charge in [0.2, 0.25) is 0 Å². The van der Waals surface area contributed by atoms with Gasteiger partial charge in [0.05, 0.1) is 41.6 Å². The Hall–Kier alpha value is -2.32. The Kier molecular flexibility index (Phi) is 5.86. The summed E-state index contributed by atoms with van der Waals surface area (Å²) in [6, 6.07) is 5.32. The first-order valence-corrected chi connectivity index (χ1v) is 9.33. The number of morpholine rings is 1. The lowest BCUT2D eigenvalue weighted by molar-refractivity contribution is 0.0602. The number of carbonyl (C=O) groups is 2. The highest BCUT2D eigenvalue weighted by atomic mass is 79.9. The minimum atomic E-state index is -0.514. The molecule has 1 aliphatic heterocycles. The molecule has 1 aliphatic rings. The van der Waals surface area contributed by atoms with E-state index in [0.717, 1.165) is 18.8 Å². The second-order valence-corrected chi connectivity index (χ2v) is 6.97. The smallest absolute Gasteiger partial charge is 0.340 e. The van der Waals surface area contributed by atoms with Crippen molar-refractivity contribution < 1.29 is 23.5 Å². The molecule has 144 valence electrons. The van der Waals surface area contributed by atoms with Crippen molar-refractivity contribution in [2.45, 2.75) is 13.8 Å². The number of furan rings is 1. The second-order valence-electron chi connectivity index (χ2n) is 6.18. The standard InChI is InChI=1S/C19H21BrN2O5/c1-11-16(17(20)12(2)27-11)18(23)21-15-5-4-13(10-14(15)19(24)25-3)22-6-8-26-9-7-22/h4-5,10H,6-9H2,1-3H3,(H,21,23). The van der Waals surface area contributed by atoms with Crippen LogP contribution in [-0.2, 0) is 9.47 Å². The molecule has 7 nitrogen and oxygen atoms in total. The lowest BCUT2D eigenvalue weighted by atomic mass is 10.1. The molecule has 1 aromatic heterocycles. The summed E-state index contributed by atoms with van der Waals surface area (Å²) in [6.07, 6.45) is 0. The fraction of sp³-hybridized carbons (Fsp3) is 0.368. The Morgan fingerprint density at radius 2 is 1.89 bits per heavy atom. The zero-order valence-corrected chi connectivity index (χ0v) is 17.0. The summed E-state index contributed by atoms with van der Waals surface area (Å²) in [6.45, 7) is 6.25.